The van der Waals surface area contributed by atoms with Crippen molar-refractivity contribution in [2.24, 2.45) is 0 Å². The van der Waals surface area contributed by atoms with Gasteiger partial charge in [-0.3, -0.25) is 0 Å². The maximum atomic E-state index is 10.9. The number of hydrogen-bond donors (Lipinski definition) is 2. The SMILES string of the molecule is Cc1cc(NCc2sccc2C)ccc1C(=O)O. The van der Waals surface area contributed by atoms with Gasteiger partial charge in [-0.25, -0.2) is 4.79 Å². The topological polar surface area (TPSA) is 49.3 Å². The van der Waals surface area contributed by atoms with Gasteiger partial charge in [-0.2, -0.15) is 0 Å². The molecule has 2 N–H and O–H groups in total. The van der Waals surface area contributed by atoms with Gasteiger partial charge in [0, 0.05) is 17.1 Å². The van der Waals surface area contributed by atoms with Crippen molar-refractivity contribution in [2.45, 2.75) is 20.4 Å². The van der Waals surface area contributed by atoms with Gasteiger partial charge in [-0.05, 0) is 54.6 Å². The number of benzene rings is 1. The van der Waals surface area contributed by atoms with Gasteiger partial charge in [0.05, 0.1) is 5.56 Å². The molecule has 1 aromatic carbocycles. The van der Waals surface area contributed by atoms with Crippen molar-refractivity contribution < 1.29 is 9.90 Å². The molecular weight excluding hydrogens is 246 g/mol. The van der Waals surface area contributed by atoms with Crippen LogP contribution < -0.4 is 5.32 Å². The highest BCUT2D eigenvalue weighted by molar-refractivity contribution is 7.10. The summed E-state index contributed by atoms with van der Waals surface area (Å²) in [6.07, 6.45) is 0. The number of aromatic carboxylic acids is 1. The Morgan fingerprint density at radius 2 is 2.06 bits per heavy atom. The summed E-state index contributed by atoms with van der Waals surface area (Å²) >= 11 is 1.72. The maximum Gasteiger partial charge on any atom is 0.335 e. The van der Waals surface area contributed by atoms with Crippen molar-refractivity contribution >= 4 is 23.0 Å². The second-order valence-corrected chi connectivity index (χ2v) is 5.22. The Hall–Kier alpha value is -1.81. The Balaban J connectivity index is 2.09. The zero-order chi connectivity index (χ0) is 13.1. The minimum absolute atomic E-state index is 0.354. The summed E-state index contributed by atoms with van der Waals surface area (Å²) in [4.78, 5) is 12.2. The summed E-state index contributed by atoms with van der Waals surface area (Å²) in [7, 11) is 0. The Morgan fingerprint density at radius 1 is 1.28 bits per heavy atom. The summed E-state index contributed by atoms with van der Waals surface area (Å²) in [5, 5.41) is 14.3. The molecule has 0 aliphatic carbocycles. The van der Waals surface area contributed by atoms with Crippen LogP contribution in [0.25, 0.3) is 0 Å². The number of thiophene rings is 1. The second kappa shape index (κ2) is 5.23. The van der Waals surface area contributed by atoms with E-state index in [9.17, 15) is 4.79 Å². The summed E-state index contributed by atoms with van der Waals surface area (Å²) in [6, 6.07) is 7.41. The third-order valence-electron chi connectivity index (χ3n) is 2.88. The van der Waals surface area contributed by atoms with E-state index in [0.29, 0.717) is 5.56 Å². The van der Waals surface area contributed by atoms with Crippen LogP contribution in [0.2, 0.25) is 0 Å². The van der Waals surface area contributed by atoms with E-state index in [2.05, 4.69) is 23.7 Å². The third-order valence-corrected chi connectivity index (χ3v) is 3.90. The van der Waals surface area contributed by atoms with E-state index in [1.807, 2.05) is 13.0 Å². The molecule has 4 heteroatoms. The highest BCUT2D eigenvalue weighted by Gasteiger charge is 2.07. The number of carbonyl (C=O) groups is 1. The lowest BCUT2D eigenvalue weighted by Crippen LogP contribution is -2.03. The number of anilines is 1. The Morgan fingerprint density at radius 3 is 2.61 bits per heavy atom. The average Bonchev–Trinajstić information content (AvgIpc) is 2.72. The molecule has 0 unspecified atom stereocenters. The first-order valence-electron chi connectivity index (χ1n) is 5.68. The molecule has 0 radical (unpaired) electrons. The molecule has 0 spiro atoms. The Kier molecular flexibility index (Phi) is 3.67. The summed E-state index contributed by atoms with van der Waals surface area (Å²) in [6.45, 7) is 4.67. The number of nitrogens with one attached hydrogen (secondary N) is 1. The van der Waals surface area contributed by atoms with Gasteiger partial charge in [0.1, 0.15) is 0 Å². The zero-order valence-corrected chi connectivity index (χ0v) is 11.2. The van der Waals surface area contributed by atoms with Crippen LogP contribution in [-0.2, 0) is 6.54 Å². The average molecular weight is 261 g/mol. The molecule has 2 aromatic rings. The predicted molar refractivity (Wildman–Crippen MR) is 74.5 cm³/mol. The van der Waals surface area contributed by atoms with Crippen molar-refractivity contribution in [1.82, 2.24) is 0 Å². The number of carboxylic acid groups (broad SMARTS) is 1. The lowest BCUT2D eigenvalue weighted by Gasteiger charge is -2.08. The fourth-order valence-corrected chi connectivity index (χ4v) is 2.63. The van der Waals surface area contributed by atoms with E-state index in [1.54, 1.807) is 23.5 Å². The van der Waals surface area contributed by atoms with E-state index in [4.69, 9.17) is 5.11 Å². The predicted octanol–water partition coefficient (Wildman–Crippen LogP) is 3.68. The van der Waals surface area contributed by atoms with E-state index < -0.39 is 5.97 Å². The molecule has 0 aliphatic rings. The molecule has 0 amide bonds. The van der Waals surface area contributed by atoms with E-state index in [1.165, 1.54) is 10.4 Å². The van der Waals surface area contributed by atoms with Gasteiger partial charge >= 0.3 is 5.97 Å². The van der Waals surface area contributed by atoms with Crippen molar-refractivity contribution in [3.05, 3.63) is 51.2 Å². The number of carboxylic acids is 1. The first-order valence-corrected chi connectivity index (χ1v) is 6.56. The first-order chi connectivity index (χ1) is 8.58. The fraction of sp³-hybridized carbons (Fsp3) is 0.214. The van der Waals surface area contributed by atoms with Gasteiger partial charge in [0.15, 0.2) is 0 Å². The molecule has 94 valence electrons. The summed E-state index contributed by atoms with van der Waals surface area (Å²) < 4.78 is 0. The quantitative estimate of drug-likeness (QED) is 0.882. The van der Waals surface area contributed by atoms with Crippen molar-refractivity contribution in [2.75, 3.05) is 5.32 Å². The smallest absolute Gasteiger partial charge is 0.335 e. The Bertz CT molecular complexity index is 575. The summed E-state index contributed by atoms with van der Waals surface area (Å²) in [5.41, 5.74) is 3.36. The standard InChI is InChI=1S/C14H15NO2S/c1-9-5-6-18-13(9)8-15-11-3-4-12(14(16)17)10(2)7-11/h3-7,15H,8H2,1-2H3,(H,16,17). The number of rotatable bonds is 4. The van der Waals surface area contributed by atoms with Crippen LogP contribution in [0.4, 0.5) is 5.69 Å². The molecule has 2 rings (SSSR count). The van der Waals surface area contributed by atoms with E-state index in [0.717, 1.165) is 17.8 Å². The third kappa shape index (κ3) is 2.71. The lowest BCUT2D eigenvalue weighted by atomic mass is 10.1. The summed E-state index contributed by atoms with van der Waals surface area (Å²) in [5.74, 6) is -0.881. The van der Waals surface area contributed by atoms with Gasteiger partial charge in [0.25, 0.3) is 0 Å². The van der Waals surface area contributed by atoms with Crippen LogP contribution in [-0.4, -0.2) is 11.1 Å². The highest BCUT2D eigenvalue weighted by Crippen LogP contribution is 2.19. The Labute approximate surface area is 110 Å². The zero-order valence-electron chi connectivity index (χ0n) is 10.4. The largest absolute Gasteiger partial charge is 0.478 e. The maximum absolute atomic E-state index is 10.9. The van der Waals surface area contributed by atoms with Gasteiger partial charge in [0.2, 0.25) is 0 Å². The number of aryl methyl sites for hydroxylation is 2. The van der Waals surface area contributed by atoms with Crippen LogP contribution in [0.5, 0.6) is 0 Å². The van der Waals surface area contributed by atoms with Crippen LogP contribution in [0, 0.1) is 13.8 Å². The van der Waals surface area contributed by atoms with Crippen LogP contribution in [0.3, 0.4) is 0 Å². The van der Waals surface area contributed by atoms with Gasteiger partial charge in [-0.15, -0.1) is 11.3 Å². The molecule has 0 bridgehead atoms. The molecule has 0 aliphatic heterocycles. The van der Waals surface area contributed by atoms with Gasteiger partial charge in [-0.1, -0.05) is 0 Å². The van der Waals surface area contributed by atoms with Gasteiger partial charge < -0.3 is 10.4 Å². The van der Waals surface area contributed by atoms with E-state index in [-0.39, 0.29) is 0 Å². The van der Waals surface area contributed by atoms with Crippen LogP contribution in [0.15, 0.2) is 29.6 Å². The molecule has 1 aromatic heterocycles. The van der Waals surface area contributed by atoms with Crippen molar-refractivity contribution in [1.29, 1.82) is 0 Å². The molecule has 0 atom stereocenters. The lowest BCUT2D eigenvalue weighted by molar-refractivity contribution is 0.0696. The molecular formula is C14H15NO2S. The second-order valence-electron chi connectivity index (χ2n) is 4.22. The number of hydrogen-bond acceptors (Lipinski definition) is 3. The molecule has 3 nitrogen and oxygen atoms in total. The molecule has 18 heavy (non-hydrogen) atoms. The molecule has 0 fully saturated rings. The van der Waals surface area contributed by atoms with Crippen LogP contribution in [0.1, 0.15) is 26.4 Å². The molecule has 0 saturated carbocycles. The minimum Gasteiger partial charge on any atom is -0.478 e. The van der Waals surface area contributed by atoms with E-state index >= 15 is 0 Å². The van der Waals surface area contributed by atoms with Crippen molar-refractivity contribution in [3.8, 4) is 0 Å². The fourth-order valence-electron chi connectivity index (χ4n) is 1.78. The minimum atomic E-state index is -0.881. The first kappa shape index (κ1) is 12.6. The molecule has 1 heterocycles. The van der Waals surface area contributed by atoms with Crippen molar-refractivity contribution in [3.63, 3.8) is 0 Å². The highest BCUT2D eigenvalue weighted by atomic mass is 32.1. The van der Waals surface area contributed by atoms with Crippen LogP contribution >= 0.6 is 11.3 Å². The monoisotopic (exact) mass is 261 g/mol. The normalized spacial score (nSPS) is 10.3. The molecule has 0 saturated heterocycles.